The maximum Gasteiger partial charge on any atom is 0.328 e. The molecule has 5 amide bonds. The number of hydrogen-bond donors (Lipinski definition) is 3. The first-order chi connectivity index (χ1) is 14.3. The van der Waals surface area contributed by atoms with Gasteiger partial charge in [-0.15, -0.1) is 0 Å². The zero-order valence-corrected chi connectivity index (χ0v) is 17.1. The molecule has 30 heavy (non-hydrogen) atoms. The predicted octanol–water partition coefficient (Wildman–Crippen LogP) is 2.73. The minimum absolute atomic E-state index is 0.0413. The summed E-state index contributed by atoms with van der Waals surface area (Å²) in [5.41, 5.74) is -0.510. The number of carbonyl (C=O) groups excluding carboxylic acids is 4. The van der Waals surface area contributed by atoms with E-state index in [1.54, 1.807) is 48.5 Å². The maximum absolute atomic E-state index is 13.4. The van der Waals surface area contributed by atoms with Crippen LogP contribution in [-0.4, -0.2) is 30.3 Å². The number of imide groups is 2. The molecule has 0 saturated carbocycles. The smallest absolute Gasteiger partial charge is 0.328 e. The van der Waals surface area contributed by atoms with E-state index in [1.807, 2.05) is 0 Å². The number of nitrogens with one attached hydrogen (secondary N) is 3. The minimum atomic E-state index is -1.74. The standard InChI is InChI=1S/C21H17Cl2N3O4/c22-13-5-1-11(2-6-13)15-9-17(27)24-10-16(12-3-7-14(23)8-4-12)21(15)18(28)25-20(30)26-19(21)29/h1-8,15-16H,9-10H2,(H,24,27)(H2,25,26,28,29,30). The number of amides is 5. The highest BCUT2D eigenvalue weighted by Gasteiger charge is 2.62. The molecule has 0 aromatic heterocycles. The molecule has 2 heterocycles. The molecule has 154 valence electrons. The van der Waals surface area contributed by atoms with Crippen LogP contribution >= 0.6 is 23.2 Å². The third kappa shape index (κ3) is 3.34. The Kier molecular flexibility index (Phi) is 5.26. The number of barbiturate groups is 1. The Bertz CT molecular complexity index is 1020. The van der Waals surface area contributed by atoms with Crippen LogP contribution in [0.1, 0.15) is 29.4 Å². The van der Waals surface area contributed by atoms with Crippen LogP contribution in [0.3, 0.4) is 0 Å². The van der Waals surface area contributed by atoms with Crippen molar-refractivity contribution in [1.29, 1.82) is 0 Å². The van der Waals surface area contributed by atoms with E-state index in [4.69, 9.17) is 23.2 Å². The van der Waals surface area contributed by atoms with Crippen molar-refractivity contribution in [2.24, 2.45) is 5.41 Å². The fourth-order valence-electron chi connectivity index (χ4n) is 4.37. The molecule has 2 unspecified atom stereocenters. The van der Waals surface area contributed by atoms with Crippen molar-refractivity contribution in [3.05, 3.63) is 69.7 Å². The Morgan fingerprint density at radius 1 is 0.733 bits per heavy atom. The van der Waals surface area contributed by atoms with E-state index in [-0.39, 0.29) is 18.9 Å². The molecule has 4 rings (SSSR count). The van der Waals surface area contributed by atoms with Crippen molar-refractivity contribution in [2.75, 3.05) is 6.54 Å². The summed E-state index contributed by atoms with van der Waals surface area (Å²) in [6.07, 6.45) is -0.110. The van der Waals surface area contributed by atoms with Gasteiger partial charge in [0.15, 0.2) is 0 Å². The van der Waals surface area contributed by atoms with Crippen molar-refractivity contribution >= 4 is 47.0 Å². The summed E-state index contributed by atoms with van der Waals surface area (Å²) in [5.74, 6) is -3.36. The van der Waals surface area contributed by atoms with E-state index in [1.165, 1.54) is 0 Å². The highest BCUT2D eigenvalue weighted by Crippen LogP contribution is 2.51. The molecule has 9 heteroatoms. The fourth-order valence-corrected chi connectivity index (χ4v) is 4.62. The van der Waals surface area contributed by atoms with Crippen LogP contribution in [-0.2, 0) is 14.4 Å². The van der Waals surface area contributed by atoms with Gasteiger partial charge in [0, 0.05) is 34.8 Å². The first-order valence-corrected chi connectivity index (χ1v) is 10.0. The van der Waals surface area contributed by atoms with Gasteiger partial charge in [0.2, 0.25) is 17.7 Å². The first kappa shape index (κ1) is 20.4. The van der Waals surface area contributed by atoms with Gasteiger partial charge in [-0.2, -0.15) is 0 Å². The van der Waals surface area contributed by atoms with Crippen LogP contribution in [0.2, 0.25) is 10.0 Å². The van der Waals surface area contributed by atoms with Gasteiger partial charge < -0.3 is 5.32 Å². The highest BCUT2D eigenvalue weighted by molar-refractivity contribution is 6.30. The van der Waals surface area contributed by atoms with Crippen LogP contribution in [0.15, 0.2) is 48.5 Å². The Balaban J connectivity index is 1.96. The van der Waals surface area contributed by atoms with E-state index >= 15 is 0 Å². The van der Waals surface area contributed by atoms with Crippen LogP contribution in [0.4, 0.5) is 4.79 Å². The monoisotopic (exact) mass is 445 g/mol. The molecule has 0 bridgehead atoms. The summed E-state index contributed by atoms with van der Waals surface area (Å²) in [5, 5.41) is 8.24. The number of carbonyl (C=O) groups is 4. The zero-order chi connectivity index (χ0) is 21.5. The van der Waals surface area contributed by atoms with Crippen LogP contribution in [0.5, 0.6) is 0 Å². The summed E-state index contributed by atoms with van der Waals surface area (Å²) in [6, 6.07) is 12.5. The molecule has 3 N–H and O–H groups in total. The van der Waals surface area contributed by atoms with Crippen LogP contribution in [0.25, 0.3) is 0 Å². The number of urea groups is 1. The minimum Gasteiger partial charge on any atom is -0.355 e. The van der Waals surface area contributed by atoms with E-state index in [0.29, 0.717) is 21.2 Å². The molecule has 2 aromatic rings. The molecule has 2 fully saturated rings. The average molecular weight is 446 g/mol. The van der Waals surface area contributed by atoms with E-state index in [0.717, 1.165) is 0 Å². The summed E-state index contributed by atoms with van der Waals surface area (Å²) in [7, 11) is 0. The molecular weight excluding hydrogens is 429 g/mol. The quantitative estimate of drug-likeness (QED) is 0.618. The Morgan fingerprint density at radius 2 is 1.20 bits per heavy atom. The van der Waals surface area contributed by atoms with Gasteiger partial charge in [0.05, 0.1) is 0 Å². The highest BCUT2D eigenvalue weighted by atomic mass is 35.5. The van der Waals surface area contributed by atoms with Crippen LogP contribution < -0.4 is 16.0 Å². The van der Waals surface area contributed by atoms with Gasteiger partial charge in [-0.05, 0) is 35.4 Å². The Hall–Kier alpha value is -2.90. The Morgan fingerprint density at radius 3 is 1.70 bits per heavy atom. The van der Waals surface area contributed by atoms with Crippen molar-refractivity contribution < 1.29 is 19.2 Å². The number of hydrogen-bond acceptors (Lipinski definition) is 4. The van der Waals surface area contributed by atoms with E-state index < -0.39 is 35.1 Å². The summed E-state index contributed by atoms with van der Waals surface area (Å²) < 4.78 is 0. The Labute approximate surface area is 182 Å². The molecular formula is C21H17Cl2N3O4. The topological polar surface area (TPSA) is 104 Å². The second-order valence-corrected chi connectivity index (χ2v) is 8.20. The van der Waals surface area contributed by atoms with Crippen molar-refractivity contribution in [3.8, 4) is 0 Å². The predicted molar refractivity (Wildman–Crippen MR) is 110 cm³/mol. The molecule has 0 radical (unpaired) electrons. The van der Waals surface area contributed by atoms with Gasteiger partial charge in [-0.1, -0.05) is 47.5 Å². The molecule has 2 saturated heterocycles. The zero-order valence-electron chi connectivity index (χ0n) is 15.6. The van der Waals surface area contributed by atoms with E-state index in [9.17, 15) is 19.2 Å². The number of rotatable bonds is 2. The third-order valence-electron chi connectivity index (χ3n) is 5.74. The van der Waals surface area contributed by atoms with Crippen molar-refractivity contribution in [2.45, 2.75) is 18.3 Å². The van der Waals surface area contributed by atoms with Gasteiger partial charge in [0.1, 0.15) is 5.41 Å². The number of halogens is 2. The third-order valence-corrected chi connectivity index (χ3v) is 6.25. The first-order valence-electron chi connectivity index (χ1n) is 9.27. The SMILES string of the molecule is O=C1CC(c2ccc(Cl)cc2)C2(C(=O)NC(=O)NC2=O)C(c2ccc(Cl)cc2)CN1. The summed E-state index contributed by atoms with van der Waals surface area (Å²) in [6.45, 7) is 0.0413. The molecule has 1 spiro atoms. The second kappa shape index (κ2) is 7.74. The molecule has 2 aromatic carbocycles. The van der Waals surface area contributed by atoms with Gasteiger partial charge >= 0.3 is 6.03 Å². The van der Waals surface area contributed by atoms with Crippen molar-refractivity contribution in [3.63, 3.8) is 0 Å². The normalized spacial score (nSPS) is 23.4. The average Bonchev–Trinajstić information content (AvgIpc) is 2.85. The molecule has 2 aliphatic rings. The van der Waals surface area contributed by atoms with Gasteiger partial charge in [0.25, 0.3) is 0 Å². The molecule has 2 aliphatic heterocycles. The van der Waals surface area contributed by atoms with Crippen LogP contribution in [0, 0.1) is 5.41 Å². The summed E-state index contributed by atoms with van der Waals surface area (Å²) in [4.78, 5) is 51.2. The lowest BCUT2D eigenvalue weighted by atomic mass is 9.60. The lowest BCUT2D eigenvalue weighted by molar-refractivity contribution is -0.148. The number of benzene rings is 2. The van der Waals surface area contributed by atoms with E-state index in [2.05, 4.69) is 16.0 Å². The summed E-state index contributed by atoms with van der Waals surface area (Å²) >= 11 is 12.0. The van der Waals surface area contributed by atoms with Gasteiger partial charge in [-0.3, -0.25) is 25.0 Å². The molecule has 2 atom stereocenters. The molecule has 7 nitrogen and oxygen atoms in total. The molecule has 0 aliphatic carbocycles. The van der Waals surface area contributed by atoms with Gasteiger partial charge in [-0.25, -0.2) is 4.79 Å². The van der Waals surface area contributed by atoms with Crippen molar-refractivity contribution in [1.82, 2.24) is 16.0 Å². The second-order valence-electron chi connectivity index (χ2n) is 7.32. The largest absolute Gasteiger partial charge is 0.355 e. The maximum atomic E-state index is 13.4. The lowest BCUT2D eigenvalue weighted by Crippen LogP contribution is -2.66. The lowest BCUT2D eigenvalue weighted by Gasteiger charge is -2.43. The fraction of sp³-hybridized carbons (Fsp3) is 0.238.